The summed E-state index contributed by atoms with van der Waals surface area (Å²) in [4.78, 5) is 22.5. The zero-order valence-corrected chi connectivity index (χ0v) is 13.0. The lowest BCUT2D eigenvalue weighted by Crippen LogP contribution is -2.23. The number of esters is 1. The van der Waals surface area contributed by atoms with Gasteiger partial charge in [-0.05, 0) is 32.1 Å². The van der Waals surface area contributed by atoms with Gasteiger partial charge in [0.15, 0.2) is 0 Å². The van der Waals surface area contributed by atoms with E-state index in [-0.39, 0.29) is 11.5 Å². The lowest BCUT2D eigenvalue weighted by Gasteiger charge is -2.09. The Balaban J connectivity index is 3.32. The number of hydrogen-bond acceptors (Lipinski definition) is 6. The first-order chi connectivity index (χ1) is 10.3. The molecule has 1 unspecified atom stereocenters. The molecule has 0 fully saturated rings. The van der Waals surface area contributed by atoms with Crippen LogP contribution < -0.4 is 0 Å². The van der Waals surface area contributed by atoms with E-state index in [1.54, 1.807) is 13.0 Å². The van der Waals surface area contributed by atoms with E-state index in [4.69, 9.17) is 10.00 Å². The van der Waals surface area contributed by atoms with E-state index < -0.39 is 32.4 Å². The maximum absolute atomic E-state index is 12.3. The summed E-state index contributed by atoms with van der Waals surface area (Å²) in [6.45, 7) is 2.73. The molecular formula is C15H15NO5S. The molecular weight excluding hydrogens is 306 g/mol. The van der Waals surface area contributed by atoms with Crippen LogP contribution in [0, 0.1) is 17.2 Å². The maximum Gasteiger partial charge on any atom is 0.320 e. The first-order valence-corrected chi connectivity index (χ1v) is 7.92. The average Bonchev–Trinajstić information content (AvgIpc) is 2.48. The third kappa shape index (κ3) is 4.02. The number of carbonyl (C=O) groups excluding carboxylic acids is 2. The minimum absolute atomic E-state index is 0.0454. The van der Waals surface area contributed by atoms with Gasteiger partial charge in [-0.2, -0.15) is 5.26 Å². The molecule has 0 spiro atoms. The summed E-state index contributed by atoms with van der Waals surface area (Å²) in [5.74, 6) is -2.91. The van der Waals surface area contributed by atoms with Gasteiger partial charge >= 0.3 is 5.97 Å². The fourth-order valence-electron chi connectivity index (χ4n) is 1.65. The summed E-state index contributed by atoms with van der Waals surface area (Å²) in [6, 6.07) is 8.84. The minimum Gasteiger partial charge on any atom is -0.465 e. The van der Waals surface area contributed by atoms with E-state index in [0.29, 0.717) is 0 Å². The van der Waals surface area contributed by atoms with Crippen molar-refractivity contribution in [3.05, 3.63) is 41.3 Å². The third-order valence-corrected chi connectivity index (χ3v) is 4.45. The molecule has 0 aliphatic rings. The van der Waals surface area contributed by atoms with E-state index >= 15 is 0 Å². The maximum atomic E-state index is 12.3. The molecule has 0 aromatic heterocycles. The topological polar surface area (TPSA) is 101 Å². The number of nitrogens with zero attached hydrogens (tertiary/aromatic N) is 1. The fourth-order valence-corrected chi connectivity index (χ4v) is 2.85. The summed E-state index contributed by atoms with van der Waals surface area (Å²) in [6.07, 6.45) is 0.836. The number of ketones is 1. The van der Waals surface area contributed by atoms with Crippen LogP contribution in [0.3, 0.4) is 0 Å². The highest BCUT2D eigenvalue weighted by Crippen LogP contribution is 2.20. The number of Topliss-reactive ketones (excluding diaryl/α,β-unsaturated/α-hetero) is 1. The van der Waals surface area contributed by atoms with E-state index in [0.717, 1.165) is 13.0 Å². The fraction of sp³-hybridized carbons (Fsp3) is 0.267. The van der Waals surface area contributed by atoms with Crippen LogP contribution in [-0.4, -0.2) is 26.8 Å². The van der Waals surface area contributed by atoms with Crippen molar-refractivity contribution in [2.24, 2.45) is 5.92 Å². The van der Waals surface area contributed by atoms with Gasteiger partial charge in [-0.25, -0.2) is 8.42 Å². The van der Waals surface area contributed by atoms with Gasteiger partial charge < -0.3 is 4.74 Å². The van der Waals surface area contributed by atoms with Crippen LogP contribution in [0.4, 0.5) is 0 Å². The number of benzene rings is 1. The van der Waals surface area contributed by atoms with E-state index in [1.807, 2.05) is 0 Å². The molecule has 0 aliphatic carbocycles. The minimum atomic E-state index is -4.09. The molecule has 0 saturated carbocycles. The Morgan fingerprint density at radius 3 is 2.36 bits per heavy atom. The highest BCUT2D eigenvalue weighted by atomic mass is 32.2. The van der Waals surface area contributed by atoms with Crippen molar-refractivity contribution >= 4 is 21.6 Å². The first-order valence-electron chi connectivity index (χ1n) is 6.43. The van der Waals surface area contributed by atoms with E-state index in [9.17, 15) is 18.0 Å². The van der Waals surface area contributed by atoms with Crippen molar-refractivity contribution in [1.29, 1.82) is 5.26 Å². The predicted octanol–water partition coefficient (Wildman–Crippen LogP) is 1.64. The molecule has 1 aromatic rings. The Bertz CT molecular complexity index is 729. The smallest absolute Gasteiger partial charge is 0.320 e. The molecule has 0 bridgehead atoms. The number of nitriles is 1. The molecule has 1 aromatic carbocycles. The standard InChI is InChI=1S/C15H15NO5S/c1-3-21-15(18)14(11(2)17)9-13(10-16)22(19,20)12-7-5-4-6-8-12/h4-9,14H,3H2,1-2H3/b13-9+. The SMILES string of the molecule is CCOC(=O)C(/C=C(\C#N)S(=O)(=O)c1ccccc1)C(C)=O. The zero-order chi connectivity index (χ0) is 16.8. The predicted molar refractivity (Wildman–Crippen MR) is 78.1 cm³/mol. The number of ether oxygens (including phenoxy) is 1. The highest BCUT2D eigenvalue weighted by Gasteiger charge is 2.28. The lowest BCUT2D eigenvalue weighted by molar-refractivity contribution is -0.149. The Morgan fingerprint density at radius 1 is 1.32 bits per heavy atom. The molecule has 6 nitrogen and oxygen atoms in total. The summed E-state index contributed by atoms with van der Waals surface area (Å²) >= 11 is 0. The number of hydrogen-bond donors (Lipinski definition) is 0. The first kappa shape index (κ1) is 17.6. The Labute approximate surface area is 128 Å². The summed E-state index contributed by atoms with van der Waals surface area (Å²) in [7, 11) is -4.09. The number of allylic oxidation sites excluding steroid dienone is 1. The second-order valence-corrected chi connectivity index (χ2v) is 6.22. The molecule has 116 valence electrons. The van der Waals surface area contributed by atoms with Gasteiger partial charge in [0.1, 0.15) is 22.7 Å². The monoisotopic (exact) mass is 321 g/mol. The van der Waals surface area contributed by atoms with Crippen molar-refractivity contribution < 1.29 is 22.7 Å². The van der Waals surface area contributed by atoms with Crippen LogP contribution in [0.2, 0.25) is 0 Å². The largest absolute Gasteiger partial charge is 0.465 e. The van der Waals surface area contributed by atoms with Crippen LogP contribution in [0.25, 0.3) is 0 Å². The van der Waals surface area contributed by atoms with E-state index in [1.165, 1.54) is 30.3 Å². The van der Waals surface area contributed by atoms with Crippen molar-refractivity contribution in [3.8, 4) is 6.07 Å². The molecule has 1 rings (SSSR count). The van der Waals surface area contributed by atoms with Gasteiger partial charge in [0, 0.05) is 0 Å². The molecule has 0 heterocycles. The van der Waals surface area contributed by atoms with Crippen LogP contribution in [0.1, 0.15) is 13.8 Å². The van der Waals surface area contributed by atoms with Gasteiger partial charge in [-0.3, -0.25) is 9.59 Å². The van der Waals surface area contributed by atoms with Crippen LogP contribution in [0.5, 0.6) is 0 Å². The third-order valence-electron chi connectivity index (χ3n) is 2.75. The Kier molecular flexibility index (Phi) is 6.01. The highest BCUT2D eigenvalue weighted by molar-refractivity contribution is 7.95. The van der Waals surface area contributed by atoms with Crippen LogP contribution >= 0.6 is 0 Å². The lowest BCUT2D eigenvalue weighted by atomic mass is 10.1. The van der Waals surface area contributed by atoms with Crippen molar-refractivity contribution in [2.45, 2.75) is 18.7 Å². The van der Waals surface area contributed by atoms with Crippen molar-refractivity contribution in [1.82, 2.24) is 0 Å². The van der Waals surface area contributed by atoms with Crippen LogP contribution in [0.15, 0.2) is 46.2 Å². The summed E-state index contributed by atoms with van der Waals surface area (Å²) in [5.41, 5.74) is 0. The van der Waals surface area contributed by atoms with Gasteiger partial charge in [0.05, 0.1) is 11.5 Å². The summed E-state index contributed by atoms with van der Waals surface area (Å²) in [5, 5.41) is 9.10. The van der Waals surface area contributed by atoms with E-state index in [2.05, 4.69) is 0 Å². The van der Waals surface area contributed by atoms with Crippen LogP contribution in [-0.2, 0) is 24.2 Å². The zero-order valence-electron chi connectivity index (χ0n) is 12.1. The summed E-state index contributed by atoms with van der Waals surface area (Å²) < 4.78 is 29.4. The van der Waals surface area contributed by atoms with Gasteiger partial charge in [-0.15, -0.1) is 0 Å². The second kappa shape index (κ2) is 7.52. The average molecular weight is 321 g/mol. The molecule has 7 heteroatoms. The molecule has 1 atom stereocenters. The Hall–Kier alpha value is -2.46. The van der Waals surface area contributed by atoms with Gasteiger partial charge in [0.2, 0.25) is 9.84 Å². The molecule has 0 amide bonds. The van der Waals surface area contributed by atoms with Crippen molar-refractivity contribution in [2.75, 3.05) is 6.61 Å². The number of rotatable bonds is 6. The number of carbonyl (C=O) groups is 2. The second-order valence-electron chi connectivity index (χ2n) is 4.30. The number of sulfone groups is 1. The van der Waals surface area contributed by atoms with Gasteiger partial charge in [-0.1, -0.05) is 18.2 Å². The van der Waals surface area contributed by atoms with Gasteiger partial charge in [0.25, 0.3) is 0 Å². The Morgan fingerprint density at radius 2 is 1.91 bits per heavy atom. The molecule has 0 saturated heterocycles. The normalized spacial score (nSPS) is 13.0. The molecule has 0 aliphatic heterocycles. The van der Waals surface area contributed by atoms with Crippen molar-refractivity contribution in [3.63, 3.8) is 0 Å². The molecule has 0 N–H and O–H groups in total. The quantitative estimate of drug-likeness (QED) is 0.448. The molecule has 22 heavy (non-hydrogen) atoms. The molecule has 0 radical (unpaired) electrons.